The van der Waals surface area contributed by atoms with Gasteiger partial charge in [0.1, 0.15) is 11.6 Å². The molecule has 0 aromatic carbocycles. The highest BCUT2D eigenvalue weighted by Gasteiger charge is 2.40. The fourth-order valence-corrected chi connectivity index (χ4v) is 3.39. The van der Waals surface area contributed by atoms with E-state index in [9.17, 15) is 24.6 Å². The summed E-state index contributed by atoms with van der Waals surface area (Å²) in [7, 11) is 0. The van der Waals surface area contributed by atoms with Crippen molar-refractivity contribution in [3.05, 3.63) is 12.2 Å². The molecule has 0 saturated heterocycles. The number of aliphatic hydroxyl groups is 2. The monoisotopic (exact) mass is 368 g/mol. The number of carbonyl (C=O) groups is 3. The van der Waals surface area contributed by atoms with Crippen molar-refractivity contribution in [2.75, 3.05) is 0 Å². The lowest BCUT2D eigenvalue weighted by Crippen LogP contribution is -2.22. The van der Waals surface area contributed by atoms with Crippen LogP contribution in [-0.4, -0.2) is 45.1 Å². The molecule has 6 heteroatoms. The second kappa shape index (κ2) is 12.0. The molecule has 1 saturated carbocycles. The Kier molecular flexibility index (Phi) is 10.4. The van der Waals surface area contributed by atoms with E-state index in [-0.39, 0.29) is 37.2 Å². The van der Waals surface area contributed by atoms with Crippen LogP contribution in [0.2, 0.25) is 0 Å². The molecule has 1 aliphatic rings. The minimum atomic E-state index is -0.880. The van der Waals surface area contributed by atoms with E-state index < -0.39 is 30.0 Å². The first-order valence-corrected chi connectivity index (χ1v) is 9.65. The predicted octanol–water partition coefficient (Wildman–Crippen LogP) is 2.65. The second-order valence-electron chi connectivity index (χ2n) is 7.21. The zero-order valence-electron chi connectivity index (χ0n) is 15.6. The van der Waals surface area contributed by atoms with Crippen molar-refractivity contribution in [2.45, 2.75) is 83.3 Å². The molecule has 4 atom stereocenters. The number of carboxylic acid groups (broad SMARTS) is 1. The van der Waals surface area contributed by atoms with E-state index >= 15 is 0 Å². The first-order chi connectivity index (χ1) is 12.3. The normalized spacial score (nSPS) is 24.3. The van der Waals surface area contributed by atoms with Gasteiger partial charge in [-0.25, -0.2) is 0 Å². The van der Waals surface area contributed by atoms with Gasteiger partial charge < -0.3 is 15.3 Å². The second-order valence-corrected chi connectivity index (χ2v) is 7.21. The Balaban J connectivity index is 2.51. The van der Waals surface area contributed by atoms with Crippen molar-refractivity contribution in [1.82, 2.24) is 0 Å². The van der Waals surface area contributed by atoms with Crippen LogP contribution in [0.1, 0.15) is 71.1 Å². The van der Waals surface area contributed by atoms with Gasteiger partial charge in [-0.3, -0.25) is 14.4 Å². The molecule has 0 aromatic rings. The summed E-state index contributed by atoms with van der Waals surface area (Å²) in [6.45, 7) is 2.09. The van der Waals surface area contributed by atoms with Crippen LogP contribution in [0.3, 0.4) is 0 Å². The molecule has 0 heterocycles. The van der Waals surface area contributed by atoms with Gasteiger partial charge >= 0.3 is 5.97 Å². The van der Waals surface area contributed by atoms with Crippen LogP contribution < -0.4 is 0 Å². The lowest BCUT2D eigenvalue weighted by Gasteiger charge is -2.17. The van der Waals surface area contributed by atoms with E-state index in [1.165, 1.54) is 0 Å². The largest absolute Gasteiger partial charge is 0.481 e. The number of Topliss-reactive ketones (excluding diaryl/α,β-unsaturated/α-hetero) is 2. The Bertz CT molecular complexity index is 499. The number of aliphatic carboxylic acids is 1. The fourth-order valence-electron chi connectivity index (χ4n) is 3.39. The van der Waals surface area contributed by atoms with Crippen molar-refractivity contribution >= 4 is 17.5 Å². The van der Waals surface area contributed by atoms with Crippen LogP contribution in [0.4, 0.5) is 0 Å². The SMILES string of the molecule is CCCCC[C@H](O)/C=C/C1[C@H](O)CC(=O)[C@@H]1CC(=O)CCCCC(=O)O. The third kappa shape index (κ3) is 8.23. The Morgan fingerprint density at radius 1 is 1.19 bits per heavy atom. The van der Waals surface area contributed by atoms with Crippen LogP contribution in [0, 0.1) is 11.8 Å². The first-order valence-electron chi connectivity index (χ1n) is 9.65. The minimum absolute atomic E-state index is 0.0373. The summed E-state index contributed by atoms with van der Waals surface area (Å²) >= 11 is 0. The third-order valence-corrected chi connectivity index (χ3v) is 4.94. The molecule has 6 nitrogen and oxygen atoms in total. The standard InChI is InChI=1S/C20H32O6/c1-2-3-4-7-14(21)10-11-16-17(19(24)13-18(16)23)12-15(22)8-5-6-9-20(25)26/h10-11,14,16-18,21,23H,2-9,12-13H2,1H3,(H,25,26)/b11-10+/t14-,16?,17+,18+/m0/s1. The van der Waals surface area contributed by atoms with Gasteiger partial charge in [-0.1, -0.05) is 38.3 Å². The maximum atomic E-state index is 12.1. The van der Waals surface area contributed by atoms with Gasteiger partial charge in [0.25, 0.3) is 0 Å². The van der Waals surface area contributed by atoms with Crippen LogP contribution in [0.5, 0.6) is 0 Å². The zero-order chi connectivity index (χ0) is 19.5. The van der Waals surface area contributed by atoms with Crippen LogP contribution >= 0.6 is 0 Å². The Morgan fingerprint density at radius 2 is 1.88 bits per heavy atom. The highest BCUT2D eigenvalue weighted by atomic mass is 16.4. The van der Waals surface area contributed by atoms with E-state index in [0.29, 0.717) is 19.3 Å². The summed E-state index contributed by atoms with van der Waals surface area (Å²) in [6.07, 6.45) is 6.93. The number of rotatable bonds is 13. The molecular formula is C20H32O6. The smallest absolute Gasteiger partial charge is 0.303 e. The molecule has 3 N–H and O–H groups in total. The summed E-state index contributed by atoms with van der Waals surface area (Å²) in [5.41, 5.74) is 0. The van der Waals surface area contributed by atoms with E-state index in [2.05, 4.69) is 6.92 Å². The van der Waals surface area contributed by atoms with Gasteiger partial charge in [0, 0.05) is 37.5 Å². The zero-order valence-corrected chi connectivity index (χ0v) is 15.6. The van der Waals surface area contributed by atoms with Crippen LogP contribution in [0.15, 0.2) is 12.2 Å². The molecule has 0 bridgehead atoms. The van der Waals surface area contributed by atoms with Gasteiger partial charge in [-0.2, -0.15) is 0 Å². The highest BCUT2D eigenvalue weighted by Crippen LogP contribution is 2.33. The number of hydrogen-bond donors (Lipinski definition) is 3. The fraction of sp³-hybridized carbons (Fsp3) is 0.750. The van der Waals surface area contributed by atoms with E-state index in [1.807, 2.05) is 0 Å². The molecule has 1 rings (SSSR count). The quantitative estimate of drug-likeness (QED) is 0.340. The van der Waals surface area contributed by atoms with E-state index in [1.54, 1.807) is 12.2 Å². The molecule has 0 radical (unpaired) electrons. The molecule has 1 fully saturated rings. The molecule has 0 aliphatic heterocycles. The number of ketones is 2. The minimum Gasteiger partial charge on any atom is -0.481 e. The van der Waals surface area contributed by atoms with Crippen LogP contribution in [-0.2, 0) is 14.4 Å². The summed E-state index contributed by atoms with van der Waals surface area (Å²) in [5.74, 6) is -2.06. The molecule has 148 valence electrons. The number of aliphatic hydroxyl groups excluding tert-OH is 2. The summed E-state index contributed by atoms with van der Waals surface area (Å²) in [4.78, 5) is 34.7. The third-order valence-electron chi connectivity index (χ3n) is 4.94. The highest BCUT2D eigenvalue weighted by molar-refractivity contribution is 5.90. The van der Waals surface area contributed by atoms with Crippen molar-refractivity contribution in [2.24, 2.45) is 11.8 Å². The summed E-state index contributed by atoms with van der Waals surface area (Å²) in [6, 6.07) is 0. The summed E-state index contributed by atoms with van der Waals surface area (Å²) in [5, 5.41) is 28.7. The Labute approximate surface area is 155 Å². The number of hydrogen-bond acceptors (Lipinski definition) is 5. The number of carbonyl (C=O) groups excluding carboxylic acids is 2. The average Bonchev–Trinajstić information content (AvgIpc) is 2.83. The molecule has 26 heavy (non-hydrogen) atoms. The Morgan fingerprint density at radius 3 is 2.54 bits per heavy atom. The van der Waals surface area contributed by atoms with E-state index in [0.717, 1.165) is 19.3 Å². The lowest BCUT2D eigenvalue weighted by atomic mass is 9.88. The van der Waals surface area contributed by atoms with Gasteiger partial charge in [0.05, 0.1) is 12.2 Å². The number of unbranched alkanes of at least 4 members (excludes halogenated alkanes) is 3. The van der Waals surface area contributed by atoms with Crippen LogP contribution in [0.25, 0.3) is 0 Å². The molecule has 0 aromatic heterocycles. The lowest BCUT2D eigenvalue weighted by molar-refractivity contribution is -0.137. The Hall–Kier alpha value is -1.53. The molecule has 0 spiro atoms. The maximum absolute atomic E-state index is 12.1. The molecule has 1 aliphatic carbocycles. The van der Waals surface area contributed by atoms with Crippen molar-refractivity contribution < 1.29 is 29.7 Å². The van der Waals surface area contributed by atoms with Crippen molar-refractivity contribution in [3.63, 3.8) is 0 Å². The molecule has 0 amide bonds. The van der Waals surface area contributed by atoms with E-state index in [4.69, 9.17) is 5.11 Å². The van der Waals surface area contributed by atoms with Crippen molar-refractivity contribution in [3.8, 4) is 0 Å². The topological polar surface area (TPSA) is 112 Å². The molecule has 1 unspecified atom stereocenters. The van der Waals surface area contributed by atoms with Gasteiger partial charge in [0.15, 0.2) is 0 Å². The number of carboxylic acids is 1. The van der Waals surface area contributed by atoms with Gasteiger partial charge in [-0.05, 0) is 19.3 Å². The predicted molar refractivity (Wildman–Crippen MR) is 97.6 cm³/mol. The average molecular weight is 368 g/mol. The summed E-state index contributed by atoms with van der Waals surface area (Å²) < 4.78 is 0. The van der Waals surface area contributed by atoms with Gasteiger partial charge in [0.2, 0.25) is 0 Å². The van der Waals surface area contributed by atoms with Gasteiger partial charge in [-0.15, -0.1) is 0 Å². The first kappa shape index (κ1) is 22.5. The van der Waals surface area contributed by atoms with Crippen molar-refractivity contribution in [1.29, 1.82) is 0 Å². The maximum Gasteiger partial charge on any atom is 0.303 e. The molecular weight excluding hydrogens is 336 g/mol.